The molecule has 80 heavy (non-hydrogen) atoms. The number of phenolic OH excluding ortho intramolecular Hbond substituents is 1. The van der Waals surface area contributed by atoms with Crippen LogP contribution >= 0.6 is 44.0 Å². The monoisotopic (exact) mass is 1190 g/mol. The van der Waals surface area contributed by atoms with E-state index >= 15 is 0 Å². The van der Waals surface area contributed by atoms with E-state index < -0.39 is 139 Å². The first kappa shape index (κ1) is 67.6. The quantitative estimate of drug-likeness (QED) is 0.0259. The summed E-state index contributed by atoms with van der Waals surface area (Å²) in [5.41, 5.74) is 17.4. The third-order valence-corrected chi connectivity index (χ3v) is 16.8. The Balaban J connectivity index is 1.77. The Morgan fingerprint density at radius 3 is 1.95 bits per heavy atom. The first-order valence-corrected chi connectivity index (χ1v) is 30.1. The minimum atomic E-state index is -1.77. The van der Waals surface area contributed by atoms with Gasteiger partial charge in [0.1, 0.15) is 48.0 Å². The molecule has 1 saturated heterocycles. The van der Waals surface area contributed by atoms with Gasteiger partial charge in [-0.15, -0.1) is 0 Å². The molecule has 3 rings (SSSR count). The van der Waals surface area contributed by atoms with Crippen LogP contribution in [0.5, 0.6) is 5.75 Å². The highest BCUT2D eigenvalue weighted by Gasteiger charge is 2.40. The number of hydrogen-bond donors (Lipinski definition) is 12. The Morgan fingerprint density at radius 1 is 0.725 bits per heavy atom. The molecular weight excluding hydrogens is 1120 g/mol. The fraction of sp³-hybridized carbons (Fsp3) is 0.529. The third kappa shape index (κ3) is 23.2. The molecule has 0 bridgehead atoms. The molecule has 25 nitrogen and oxygen atoms in total. The predicted octanol–water partition coefficient (Wildman–Crippen LogP) is 0.275. The van der Waals surface area contributed by atoms with Gasteiger partial charge < -0.3 is 69.3 Å². The highest BCUT2D eigenvalue weighted by molar-refractivity contribution is 9.12. The first-order valence-electron chi connectivity index (χ1n) is 25.8. The van der Waals surface area contributed by atoms with Crippen LogP contribution in [0.1, 0.15) is 84.6 Å². The molecular formula is C51H74N12O13S4. The lowest BCUT2D eigenvalue weighted by Crippen LogP contribution is -2.61. The SMILES string of the molecule is CC[C@H](C)[C@H](NC(=O)[C@H](Cc1ccc(O)cc1)NC(=O)CCSSSC(=O)N(C)c1ccccc1)C(=O)N[C@@H](CCC(N)=O)C(=O)N[C@@H](CC(N)=O)C(=O)N[C@@H](CS)C(=O)N1CCC[C@H]1C(=O)N[C@@H](CC(C)C)C(=O)NCC(N)=O. The van der Waals surface area contributed by atoms with Crippen molar-refractivity contribution in [1.82, 2.24) is 42.1 Å². The standard InChI is InChI=1S/C51H74N12O13S4/c1-6-29(4)43(61-47(72)35(24-30-14-16-32(64)17-15-30)56-42(68)20-22-78-80-79-51(76)62(5)31-11-8-7-9-12-31)49(74)57-33(18-19-39(52)65)45(70)58-36(25-40(53)66)46(71)60-37(27-77)50(75)63-21-10-13-38(63)48(73)59-34(23-28(2)3)44(69)55-26-41(54)67/h7-9,11-12,14-17,28-29,33-38,43,64,77H,6,10,13,18-27H2,1-5H3,(H2,52,65)(H2,53,66)(H2,54,67)(H,55,69)(H,56,68)(H,57,74)(H,58,70)(H,59,73)(H,60,71)(H,61,72)/t29-,33-,34-,35-,36-,37-,38-,43-/m0/s1. The van der Waals surface area contributed by atoms with E-state index in [1.807, 2.05) is 32.0 Å². The molecule has 2 aromatic rings. The van der Waals surface area contributed by atoms with E-state index in [4.69, 9.17) is 17.2 Å². The number of benzene rings is 2. The van der Waals surface area contributed by atoms with Gasteiger partial charge in [0.2, 0.25) is 65.0 Å². The maximum atomic E-state index is 14.3. The first-order chi connectivity index (χ1) is 37.8. The molecule has 0 spiro atoms. The largest absolute Gasteiger partial charge is 0.508 e. The van der Waals surface area contributed by atoms with E-state index in [2.05, 4.69) is 49.8 Å². The molecule has 0 radical (unpaired) electrons. The maximum Gasteiger partial charge on any atom is 0.297 e. The molecule has 1 aliphatic heterocycles. The molecule has 29 heteroatoms. The van der Waals surface area contributed by atoms with Crippen molar-refractivity contribution in [2.75, 3.05) is 36.5 Å². The van der Waals surface area contributed by atoms with Gasteiger partial charge in [-0.3, -0.25) is 57.5 Å². The van der Waals surface area contributed by atoms with Crippen molar-refractivity contribution in [3.05, 3.63) is 60.2 Å². The summed E-state index contributed by atoms with van der Waals surface area (Å²) in [4.78, 5) is 161. The number of para-hydroxylation sites is 1. The maximum absolute atomic E-state index is 14.3. The molecule has 1 fully saturated rings. The summed E-state index contributed by atoms with van der Waals surface area (Å²) in [7, 11) is 5.06. The molecule has 0 aliphatic carbocycles. The van der Waals surface area contributed by atoms with Gasteiger partial charge in [-0.1, -0.05) is 75.2 Å². The van der Waals surface area contributed by atoms with E-state index in [9.17, 15) is 62.6 Å². The highest BCUT2D eigenvalue weighted by atomic mass is 33.5. The van der Waals surface area contributed by atoms with Gasteiger partial charge in [-0.05, 0) is 77.2 Å². The van der Waals surface area contributed by atoms with Gasteiger partial charge in [0.05, 0.1) is 13.0 Å². The Hall–Kier alpha value is -6.72. The van der Waals surface area contributed by atoms with Gasteiger partial charge >= 0.3 is 0 Å². The summed E-state index contributed by atoms with van der Waals surface area (Å²) in [6, 6.07) is 5.32. The average Bonchev–Trinajstić information content (AvgIpc) is 3.91. The number of likely N-dealkylation sites (tertiary alicyclic amines) is 1. The van der Waals surface area contributed by atoms with E-state index in [1.54, 1.807) is 45.2 Å². The van der Waals surface area contributed by atoms with Crippen molar-refractivity contribution in [3.8, 4) is 5.75 Å². The van der Waals surface area contributed by atoms with Crippen LogP contribution in [0, 0.1) is 11.8 Å². The van der Waals surface area contributed by atoms with E-state index in [0.717, 1.165) is 10.8 Å². The number of nitrogens with two attached hydrogens (primary N) is 3. The van der Waals surface area contributed by atoms with E-state index in [0.29, 0.717) is 24.1 Å². The number of carbonyl (C=O) groups excluding carboxylic acids is 12. The molecule has 440 valence electrons. The molecule has 12 amide bonds. The lowest BCUT2D eigenvalue weighted by molar-refractivity contribution is -0.142. The number of primary amides is 3. The van der Waals surface area contributed by atoms with E-state index in [1.165, 1.54) is 42.6 Å². The Labute approximate surface area is 481 Å². The van der Waals surface area contributed by atoms with Crippen molar-refractivity contribution in [1.29, 1.82) is 0 Å². The normalized spacial score (nSPS) is 15.5. The molecule has 14 N–H and O–H groups in total. The highest BCUT2D eigenvalue weighted by Crippen LogP contribution is 2.37. The van der Waals surface area contributed by atoms with Crippen molar-refractivity contribution < 1.29 is 62.6 Å². The smallest absolute Gasteiger partial charge is 0.297 e. The second-order valence-electron chi connectivity index (χ2n) is 19.4. The fourth-order valence-electron chi connectivity index (χ4n) is 8.06. The van der Waals surface area contributed by atoms with Crippen LogP contribution < -0.4 is 59.3 Å². The zero-order valence-electron chi connectivity index (χ0n) is 45.2. The van der Waals surface area contributed by atoms with Crippen LogP contribution in [0.15, 0.2) is 54.6 Å². The lowest BCUT2D eigenvalue weighted by atomic mass is 9.96. The van der Waals surface area contributed by atoms with Crippen molar-refractivity contribution in [2.24, 2.45) is 29.0 Å². The summed E-state index contributed by atoms with van der Waals surface area (Å²) in [5, 5.41) is 27.5. The summed E-state index contributed by atoms with van der Waals surface area (Å²) in [6.07, 6.45) is -0.772. The van der Waals surface area contributed by atoms with Crippen LogP contribution in [0.3, 0.4) is 0 Å². The summed E-state index contributed by atoms with van der Waals surface area (Å²) in [5.74, 6) is -10.0. The summed E-state index contributed by atoms with van der Waals surface area (Å²) >= 11 is 4.26. The van der Waals surface area contributed by atoms with E-state index in [-0.39, 0.29) is 60.6 Å². The predicted molar refractivity (Wildman–Crippen MR) is 308 cm³/mol. The summed E-state index contributed by atoms with van der Waals surface area (Å²) < 4.78 is 0. The van der Waals surface area contributed by atoms with Crippen molar-refractivity contribution >= 4 is 120 Å². The number of amides is 12. The minimum absolute atomic E-state index is 0.0436. The molecule has 1 heterocycles. The Kier molecular flexibility index (Phi) is 29.1. The summed E-state index contributed by atoms with van der Waals surface area (Å²) in [6.45, 7) is 6.63. The Morgan fingerprint density at radius 2 is 1.35 bits per heavy atom. The number of nitrogens with zero attached hydrogens (tertiary/aromatic N) is 2. The van der Waals surface area contributed by atoms with Gasteiger partial charge in [-0.2, -0.15) is 12.6 Å². The lowest BCUT2D eigenvalue weighted by Gasteiger charge is -2.30. The number of thiol groups is 1. The molecule has 0 aromatic heterocycles. The van der Waals surface area contributed by atoms with Gasteiger partial charge in [-0.25, -0.2) is 0 Å². The number of carbonyl (C=O) groups is 12. The molecule has 8 atom stereocenters. The number of anilines is 1. The fourth-order valence-corrected chi connectivity index (χ4v) is 11.6. The molecule has 0 unspecified atom stereocenters. The second-order valence-corrected chi connectivity index (χ2v) is 23.9. The number of hydrogen-bond acceptors (Lipinski definition) is 17. The van der Waals surface area contributed by atoms with Crippen LogP contribution in [0.25, 0.3) is 0 Å². The number of aromatic hydroxyl groups is 1. The van der Waals surface area contributed by atoms with Crippen LogP contribution in [0.2, 0.25) is 0 Å². The van der Waals surface area contributed by atoms with Crippen molar-refractivity contribution in [2.45, 2.75) is 128 Å². The number of rotatable bonds is 33. The van der Waals surface area contributed by atoms with Crippen molar-refractivity contribution in [3.63, 3.8) is 0 Å². The number of nitrogens with one attached hydrogen (secondary N) is 7. The molecule has 2 aromatic carbocycles. The van der Waals surface area contributed by atoms with Crippen LogP contribution in [-0.2, 0) is 59.2 Å². The Bertz CT molecular complexity index is 2500. The van der Waals surface area contributed by atoms with Gasteiger partial charge in [0, 0.05) is 60.8 Å². The second kappa shape index (κ2) is 34.4. The molecule has 1 aliphatic rings. The zero-order chi connectivity index (χ0) is 59.6. The van der Waals surface area contributed by atoms with Gasteiger partial charge in [0.15, 0.2) is 0 Å². The number of phenols is 1. The van der Waals surface area contributed by atoms with Crippen LogP contribution in [-0.4, -0.2) is 154 Å². The average molecular weight is 1190 g/mol. The van der Waals surface area contributed by atoms with Crippen LogP contribution in [0.4, 0.5) is 10.5 Å². The molecule has 0 saturated carbocycles. The topological polar surface area (TPSA) is 394 Å². The third-order valence-electron chi connectivity index (χ3n) is 12.6. The van der Waals surface area contributed by atoms with Gasteiger partial charge in [0.25, 0.3) is 5.24 Å². The zero-order valence-corrected chi connectivity index (χ0v) is 48.6. The minimum Gasteiger partial charge on any atom is -0.508 e.